The lowest BCUT2D eigenvalue weighted by atomic mass is 10.3. The van der Waals surface area contributed by atoms with Crippen LogP contribution in [-0.4, -0.2) is 43.0 Å². The van der Waals surface area contributed by atoms with Crippen molar-refractivity contribution in [3.05, 3.63) is 42.7 Å². The molecule has 0 aliphatic rings. The van der Waals surface area contributed by atoms with Crippen LogP contribution in [0.4, 0.5) is 0 Å². The monoisotopic (exact) mass is 283 g/mol. The fraction of sp³-hybridized carbons (Fsp3) is 0.333. The zero-order chi connectivity index (χ0) is 14.3. The molecule has 0 aliphatic heterocycles. The second-order valence-corrected chi connectivity index (χ2v) is 5.96. The maximum absolute atomic E-state index is 11.7. The Morgan fingerprint density at radius 2 is 2.32 bits per heavy atom. The first kappa shape index (κ1) is 15.3. The first-order valence-electron chi connectivity index (χ1n) is 5.65. The Hall–Kier alpha value is -1.73. The van der Waals surface area contributed by atoms with E-state index >= 15 is 0 Å². The lowest BCUT2D eigenvalue weighted by molar-refractivity contribution is -0.121. The molecule has 0 spiro atoms. The summed E-state index contributed by atoms with van der Waals surface area (Å²) < 4.78 is 23.9. The standard InChI is InChI=1S/C12H17N3O3S/c1-3-7-15(19(2,17)18)10-12(16)14-9-11-5-4-6-13-8-11/h3-6,8H,1,7,9-10H2,2H3,(H,14,16). The number of amides is 1. The van der Waals surface area contributed by atoms with Gasteiger partial charge >= 0.3 is 0 Å². The maximum atomic E-state index is 11.7. The topological polar surface area (TPSA) is 79.4 Å². The Morgan fingerprint density at radius 3 is 2.84 bits per heavy atom. The average Bonchev–Trinajstić information content (AvgIpc) is 2.36. The van der Waals surface area contributed by atoms with E-state index in [-0.39, 0.29) is 19.0 Å². The van der Waals surface area contributed by atoms with E-state index < -0.39 is 10.0 Å². The van der Waals surface area contributed by atoms with Crippen LogP contribution in [0.1, 0.15) is 5.56 Å². The molecule has 1 rings (SSSR count). The Bertz CT molecular complexity index is 528. The van der Waals surface area contributed by atoms with E-state index in [9.17, 15) is 13.2 Å². The minimum Gasteiger partial charge on any atom is -0.351 e. The second kappa shape index (κ2) is 7.01. The van der Waals surface area contributed by atoms with Crippen LogP contribution >= 0.6 is 0 Å². The van der Waals surface area contributed by atoms with Crippen LogP contribution in [0.25, 0.3) is 0 Å². The molecular weight excluding hydrogens is 266 g/mol. The van der Waals surface area contributed by atoms with Gasteiger partial charge in [0.2, 0.25) is 15.9 Å². The highest BCUT2D eigenvalue weighted by Crippen LogP contribution is 1.98. The molecule has 1 N–H and O–H groups in total. The number of carbonyl (C=O) groups excluding carboxylic acids is 1. The van der Waals surface area contributed by atoms with Gasteiger partial charge in [-0.2, -0.15) is 4.31 Å². The molecule has 0 aromatic carbocycles. The summed E-state index contributed by atoms with van der Waals surface area (Å²) in [6.45, 7) is 3.68. The van der Waals surface area contributed by atoms with Gasteiger partial charge in [0.15, 0.2) is 0 Å². The SMILES string of the molecule is C=CCN(CC(=O)NCc1cccnc1)S(C)(=O)=O. The Labute approximate surface area is 113 Å². The molecule has 19 heavy (non-hydrogen) atoms. The van der Waals surface area contributed by atoms with E-state index in [0.717, 1.165) is 16.1 Å². The molecule has 0 atom stereocenters. The third kappa shape index (κ3) is 5.62. The van der Waals surface area contributed by atoms with Gasteiger partial charge in [-0.15, -0.1) is 6.58 Å². The molecule has 1 aromatic heterocycles. The van der Waals surface area contributed by atoms with Crippen LogP contribution in [0, 0.1) is 0 Å². The molecule has 1 heterocycles. The number of pyridine rings is 1. The lowest BCUT2D eigenvalue weighted by Gasteiger charge is -2.17. The Balaban J connectivity index is 2.52. The fourth-order valence-corrected chi connectivity index (χ4v) is 2.11. The molecule has 1 aromatic rings. The number of nitrogens with one attached hydrogen (secondary N) is 1. The van der Waals surface area contributed by atoms with Crippen molar-refractivity contribution in [2.75, 3.05) is 19.3 Å². The maximum Gasteiger partial charge on any atom is 0.235 e. The van der Waals surface area contributed by atoms with Gasteiger partial charge < -0.3 is 5.32 Å². The number of nitrogens with zero attached hydrogens (tertiary/aromatic N) is 2. The summed E-state index contributed by atoms with van der Waals surface area (Å²) in [6, 6.07) is 3.59. The summed E-state index contributed by atoms with van der Waals surface area (Å²) in [5.41, 5.74) is 0.852. The van der Waals surface area contributed by atoms with Gasteiger partial charge in [-0.05, 0) is 11.6 Å². The number of carbonyl (C=O) groups is 1. The molecule has 0 unspecified atom stereocenters. The van der Waals surface area contributed by atoms with E-state index in [2.05, 4.69) is 16.9 Å². The molecule has 0 saturated heterocycles. The van der Waals surface area contributed by atoms with Crippen LogP contribution in [-0.2, 0) is 21.4 Å². The summed E-state index contributed by atoms with van der Waals surface area (Å²) in [6.07, 6.45) is 5.78. The lowest BCUT2D eigenvalue weighted by Crippen LogP contribution is -2.40. The van der Waals surface area contributed by atoms with Gasteiger partial charge in [-0.25, -0.2) is 8.42 Å². The highest BCUT2D eigenvalue weighted by atomic mass is 32.2. The number of rotatable bonds is 7. The van der Waals surface area contributed by atoms with Crippen molar-refractivity contribution in [3.63, 3.8) is 0 Å². The highest BCUT2D eigenvalue weighted by Gasteiger charge is 2.18. The normalized spacial score (nSPS) is 11.3. The molecule has 0 radical (unpaired) electrons. The first-order valence-corrected chi connectivity index (χ1v) is 7.50. The van der Waals surface area contributed by atoms with Crippen molar-refractivity contribution in [1.29, 1.82) is 0 Å². The molecule has 0 saturated carbocycles. The second-order valence-electron chi connectivity index (χ2n) is 3.98. The third-order valence-corrected chi connectivity index (χ3v) is 3.55. The molecule has 6 nitrogen and oxygen atoms in total. The number of sulfonamides is 1. The van der Waals surface area contributed by atoms with E-state index in [1.54, 1.807) is 18.5 Å². The average molecular weight is 283 g/mol. The first-order chi connectivity index (χ1) is 8.93. The molecule has 1 amide bonds. The van der Waals surface area contributed by atoms with Crippen molar-refractivity contribution in [1.82, 2.24) is 14.6 Å². The molecule has 0 aliphatic carbocycles. The van der Waals surface area contributed by atoms with Crippen LogP contribution in [0.3, 0.4) is 0 Å². The number of hydrogen-bond acceptors (Lipinski definition) is 4. The molecule has 7 heteroatoms. The summed E-state index contributed by atoms with van der Waals surface area (Å²) in [5, 5.41) is 2.64. The minimum atomic E-state index is -3.42. The van der Waals surface area contributed by atoms with Crippen LogP contribution in [0.15, 0.2) is 37.2 Å². The van der Waals surface area contributed by atoms with E-state index in [1.165, 1.54) is 6.08 Å². The predicted octanol–water partition coefficient (Wildman–Crippen LogP) is 0.145. The van der Waals surface area contributed by atoms with Crippen molar-refractivity contribution in [3.8, 4) is 0 Å². The Morgan fingerprint density at radius 1 is 1.58 bits per heavy atom. The van der Waals surface area contributed by atoms with Crippen molar-refractivity contribution < 1.29 is 13.2 Å². The van der Waals surface area contributed by atoms with Crippen molar-refractivity contribution in [2.45, 2.75) is 6.54 Å². The smallest absolute Gasteiger partial charge is 0.235 e. The summed E-state index contributed by atoms with van der Waals surface area (Å²) in [4.78, 5) is 15.6. The van der Waals surface area contributed by atoms with Gasteiger partial charge in [0.1, 0.15) is 0 Å². The summed E-state index contributed by atoms with van der Waals surface area (Å²) in [5.74, 6) is -0.365. The Kier molecular flexibility index (Phi) is 5.65. The summed E-state index contributed by atoms with van der Waals surface area (Å²) >= 11 is 0. The van der Waals surface area contributed by atoms with Crippen LogP contribution in [0.2, 0.25) is 0 Å². The molecular formula is C12H17N3O3S. The highest BCUT2D eigenvalue weighted by molar-refractivity contribution is 7.88. The minimum absolute atomic E-state index is 0.110. The van der Waals surface area contributed by atoms with Crippen LogP contribution < -0.4 is 5.32 Å². The molecule has 0 bridgehead atoms. The van der Waals surface area contributed by atoms with Gasteiger partial charge in [-0.1, -0.05) is 12.1 Å². The summed E-state index contributed by atoms with van der Waals surface area (Å²) in [7, 11) is -3.42. The van der Waals surface area contributed by atoms with Gasteiger partial charge in [-0.3, -0.25) is 9.78 Å². The molecule has 0 fully saturated rings. The fourth-order valence-electron chi connectivity index (χ4n) is 1.38. The zero-order valence-corrected chi connectivity index (χ0v) is 11.6. The zero-order valence-electron chi connectivity index (χ0n) is 10.7. The van der Waals surface area contributed by atoms with Crippen LogP contribution in [0.5, 0.6) is 0 Å². The largest absolute Gasteiger partial charge is 0.351 e. The number of aromatic nitrogens is 1. The van der Waals surface area contributed by atoms with Gasteiger partial charge in [0, 0.05) is 25.5 Å². The number of hydrogen-bond donors (Lipinski definition) is 1. The van der Waals surface area contributed by atoms with Crippen molar-refractivity contribution >= 4 is 15.9 Å². The quantitative estimate of drug-likeness (QED) is 0.722. The van der Waals surface area contributed by atoms with Gasteiger partial charge in [0.05, 0.1) is 12.8 Å². The van der Waals surface area contributed by atoms with Gasteiger partial charge in [0.25, 0.3) is 0 Å². The third-order valence-electron chi connectivity index (χ3n) is 2.33. The van der Waals surface area contributed by atoms with Crippen molar-refractivity contribution in [2.24, 2.45) is 0 Å². The van der Waals surface area contributed by atoms with E-state index in [0.29, 0.717) is 6.54 Å². The molecule has 104 valence electrons. The van der Waals surface area contributed by atoms with E-state index in [1.807, 2.05) is 6.07 Å². The van der Waals surface area contributed by atoms with E-state index in [4.69, 9.17) is 0 Å². The predicted molar refractivity (Wildman–Crippen MR) is 72.7 cm³/mol.